The van der Waals surface area contributed by atoms with E-state index in [-0.39, 0.29) is 23.5 Å². The summed E-state index contributed by atoms with van der Waals surface area (Å²) in [5, 5.41) is 3.39. The number of sulfonamides is 1. The number of hydrogen-bond acceptors (Lipinski definition) is 6. The number of anilines is 1. The number of benzene rings is 1. The van der Waals surface area contributed by atoms with E-state index in [0.717, 1.165) is 61.8 Å². The van der Waals surface area contributed by atoms with Crippen molar-refractivity contribution < 1.29 is 22.7 Å². The quantitative estimate of drug-likeness (QED) is 0.505. The molecule has 190 valence electrons. The normalized spacial score (nSPS) is 18.8. The van der Waals surface area contributed by atoms with Crippen LogP contribution in [0.5, 0.6) is 0 Å². The lowest BCUT2D eigenvalue weighted by Crippen LogP contribution is -2.38. The van der Waals surface area contributed by atoms with Crippen LogP contribution in [0.4, 0.5) is 5.00 Å². The van der Waals surface area contributed by atoms with E-state index < -0.39 is 16.0 Å². The zero-order valence-corrected chi connectivity index (χ0v) is 22.3. The van der Waals surface area contributed by atoms with Gasteiger partial charge in [-0.25, -0.2) is 13.2 Å². The minimum atomic E-state index is -3.63. The van der Waals surface area contributed by atoms with Crippen molar-refractivity contribution in [2.45, 2.75) is 76.2 Å². The molecule has 0 spiro atoms. The number of nitrogens with zero attached hydrogens (tertiary/aromatic N) is 1. The summed E-state index contributed by atoms with van der Waals surface area (Å²) in [6.07, 6.45) is 7.66. The number of nitrogens with one attached hydrogen (secondary N) is 1. The van der Waals surface area contributed by atoms with Crippen molar-refractivity contribution in [3.63, 3.8) is 0 Å². The van der Waals surface area contributed by atoms with Gasteiger partial charge in [-0.15, -0.1) is 11.3 Å². The summed E-state index contributed by atoms with van der Waals surface area (Å²) in [5.74, 6) is -0.269. The molecule has 9 heteroatoms. The molecule has 0 aliphatic heterocycles. The topological polar surface area (TPSA) is 92.8 Å². The van der Waals surface area contributed by atoms with E-state index in [1.165, 1.54) is 39.9 Å². The highest BCUT2D eigenvalue weighted by Crippen LogP contribution is 2.40. The molecule has 0 radical (unpaired) electrons. The predicted octanol–water partition coefficient (Wildman–Crippen LogP) is 5.26. The van der Waals surface area contributed by atoms with Crippen molar-refractivity contribution in [3.8, 4) is 0 Å². The van der Waals surface area contributed by atoms with E-state index >= 15 is 0 Å². The molecule has 2 aliphatic rings. The van der Waals surface area contributed by atoms with Gasteiger partial charge in [0, 0.05) is 23.5 Å². The van der Waals surface area contributed by atoms with Gasteiger partial charge in [0.1, 0.15) is 5.00 Å². The van der Waals surface area contributed by atoms with E-state index in [2.05, 4.69) is 12.2 Å². The smallest absolute Gasteiger partial charge is 0.341 e. The van der Waals surface area contributed by atoms with Gasteiger partial charge in [0.05, 0.1) is 17.1 Å². The number of esters is 1. The zero-order valence-electron chi connectivity index (χ0n) is 20.6. The number of fused-ring (bicyclic) bond motifs is 1. The highest BCUT2D eigenvalue weighted by atomic mass is 32.2. The Hall–Kier alpha value is -2.23. The summed E-state index contributed by atoms with van der Waals surface area (Å²) in [6.45, 7) is 4.21. The van der Waals surface area contributed by atoms with Crippen LogP contribution in [0, 0.1) is 5.92 Å². The van der Waals surface area contributed by atoms with Gasteiger partial charge in [0.2, 0.25) is 10.0 Å². The van der Waals surface area contributed by atoms with E-state index in [1.54, 1.807) is 14.0 Å². The maximum absolute atomic E-state index is 13.1. The third-order valence-electron chi connectivity index (χ3n) is 7.10. The van der Waals surface area contributed by atoms with Crippen molar-refractivity contribution in [2.75, 3.05) is 19.0 Å². The van der Waals surface area contributed by atoms with Crippen LogP contribution >= 0.6 is 11.3 Å². The first kappa shape index (κ1) is 25.9. The average molecular weight is 519 g/mol. The minimum Gasteiger partial charge on any atom is -0.462 e. The Balaban J connectivity index is 1.53. The average Bonchev–Trinajstić information content (AvgIpc) is 3.21. The summed E-state index contributed by atoms with van der Waals surface area (Å²) < 4.78 is 33.0. The Morgan fingerprint density at radius 3 is 2.46 bits per heavy atom. The first-order chi connectivity index (χ1) is 16.7. The maximum Gasteiger partial charge on any atom is 0.341 e. The minimum absolute atomic E-state index is 0.0191. The second kappa shape index (κ2) is 10.8. The number of hydrogen-bond donors (Lipinski definition) is 1. The fraction of sp³-hybridized carbons (Fsp3) is 0.538. The molecule has 1 N–H and O–H groups in total. The highest BCUT2D eigenvalue weighted by molar-refractivity contribution is 7.89. The molecule has 7 nitrogen and oxygen atoms in total. The van der Waals surface area contributed by atoms with Gasteiger partial charge in [-0.3, -0.25) is 4.79 Å². The molecular weight excluding hydrogens is 484 g/mol. The number of rotatable bonds is 7. The molecular formula is C26H34N2O5S2. The van der Waals surface area contributed by atoms with Crippen molar-refractivity contribution in [3.05, 3.63) is 45.8 Å². The molecule has 0 saturated heterocycles. The van der Waals surface area contributed by atoms with Crippen molar-refractivity contribution in [2.24, 2.45) is 5.92 Å². The Morgan fingerprint density at radius 2 is 1.80 bits per heavy atom. The van der Waals surface area contributed by atoms with Crippen LogP contribution in [-0.2, 0) is 27.6 Å². The Morgan fingerprint density at radius 1 is 1.11 bits per heavy atom. The largest absolute Gasteiger partial charge is 0.462 e. The van der Waals surface area contributed by atoms with Gasteiger partial charge >= 0.3 is 5.97 Å². The van der Waals surface area contributed by atoms with Gasteiger partial charge in [-0.05, 0) is 74.8 Å². The molecule has 1 heterocycles. The summed E-state index contributed by atoms with van der Waals surface area (Å²) in [5.41, 5.74) is 1.77. The van der Waals surface area contributed by atoms with Gasteiger partial charge in [0.15, 0.2) is 0 Å². The van der Waals surface area contributed by atoms with Crippen LogP contribution in [0.2, 0.25) is 0 Å². The monoisotopic (exact) mass is 518 g/mol. The number of ether oxygens (including phenoxy) is 1. The molecule has 1 unspecified atom stereocenters. The number of carbonyl (C=O) groups excluding carboxylic acids is 2. The number of amides is 1. The van der Waals surface area contributed by atoms with Crippen LogP contribution in [0.25, 0.3) is 0 Å². The Bertz CT molecular complexity index is 1180. The second-order valence-corrected chi connectivity index (χ2v) is 12.7. The summed E-state index contributed by atoms with van der Waals surface area (Å²) in [7, 11) is -1.99. The van der Waals surface area contributed by atoms with Gasteiger partial charge in [0.25, 0.3) is 5.91 Å². The van der Waals surface area contributed by atoms with Crippen LogP contribution in [0.1, 0.15) is 83.5 Å². The molecule has 1 atom stereocenters. The fourth-order valence-electron chi connectivity index (χ4n) is 5.02. The molecule has 1 amide bonds. The van der Waals surface area contributed by atoms with Gasteiger partial charge in [-0.1, -0.05) is 26.2 Å². The fourth-order valence-corrected chi connectivity index (χ4v) is 7.83. The molecule has 0 bridgehead atoms. The SMILES string of the molecule is CCOC(=O)c1c(NC(=O)c2ccc(S(=O)(=O)N(C)C3CCCCC3)cc2)sc2c1CCC(C)C2. The van der Waals surface area contributed by atoms with E-state index in [4.69, 9.17) is 4.74 Å². The predicted molar refractivity (Wildman–Crippen MR) is 138 cm³/mol. The Labute approximate surface area is 211 Å². The van der Waals surface area contributed by atoms with E-state index in [9.17, 15) is 18.0 Å². The lowest BCUT2D eigenvalue weighted by molar-refractivity contribution is 0.0526. The van der Waals surface area contributed by atoms with Crippen molar-refractivity contribution in [1.82, 2.24) is 4.31 Å². The molecule has 2 aliphatic carbocycles. The van der Waals surface area contributed by atoms with Crippen molar-refractivity contribution >= 4 is 38.2 Å². The number of thiophene rings is 1. The molecule has 4 rings (SSSR count). The zero-order chi connectivity index (χ0) is 25.2. The van der Waals surface area contributed by atoms with Crippen LogP contribution < -0.4 is 5.32 Å². The third kappa shape index (κ3) is 5.47. The van der Waals surface area contributed by atoms with E-state index in [1.807, 2.05) is 0 Å². The van der Waals surface area contributed by atoms with E-state index in [0.29, 0.717) is 22.0 Å². The summed E-state index contributed by atoms with van der Waals surface area (Å²) in [6, 6.07) is 6.03. The lowest BCUT2D eigenvalue weighted by Gasteiger charge is -2.30. The van der Waals surface area contributed by atoms with Gasteiger partial charge < -0.3 is 10.1 Å². The highest BCUT2D eigenvalue weighted by Gasteiger charge is 2.31. The molecule has 35 heavy (non-hydrogen) atoms. The van der Waals surface area contributed by atoms with Gasteiger partial charge in [-0.2, -0.15) is 4.31 Å². The Kier molecular flexibility index (Phi) is 7.98. The molecule has 2 aromatic rings. The molecule has 1 aromatic carbocycles. The second-order valence-electron chi connectivity index (χ2n) is 9.57. The standard InChI is InChI=1S/C26H34N2O5S2/c1-4-33-26(30)23-21-15-10-17(2)16-22(21)34-25(23)27-24(29)18-11-13-20(14-12-18)35(31,32)28(3)19-8-6-5-7-9-19/h11-14,17,19H,4-10,15-16H2,1-3H3,(H,27,29). The number of carbonyl (C=O) groups is 2. The maximum atomic E-state index is 13.1. The third-order valence-corrected chi connectivity index (χ3v) is 10.2. The lowest BCUT2D eigenvalue weighted by atomic mass is 9.88. The molecule has 1 aromatic heterocycles. The van der Waals surface area contributed by atoms with Crippen LogP contribution in [0.15, 0.2) is 29.2 Å². The van der Waals surface area contributed by atoms with Crippen molar-refractivity contribution in [1.29, 1.82) is 0 Å². The van der Waals surface area contributed by atoms with Crippen LogP contribution in [0.3, 0.4) is 0 Å². The first-order valence-electron chi connectivity index (χ1n) is 12.4. The molecule has 1 saturated carbocycles. The summed E-state index contributed by atoms with van der Waals surface area (Å²) in [4.78, 5) is 27.1. The van der Waals surface area contributed by atoms with Crippen LogP contribution in [-0.4, -0.2) is 44.3 Å². The summed E-state index contributed by atoms with van der Waals surface area (Å²) >= 11 is 1.43. The first-order valence-corrected chi connectivity index (χ1v) is 14.7. The molecule has 1 fully saturated rings.